The van der Waals surface area contributed by atoms with Crippen LogP contribution in [0.25, 0.3) is 0 Å². The van der Waals surface area contributed by atoms with Gasteiger partial charge in [0.05, 0.1) is 30.6 Å². The lowest BCUT2D eigenvalue weighted by molar-refractivity contribution is -0.144. The van der Waals surface area contributed by atoms with Crippen molar-refractivity contribution in [1.29, 1.82) is 0 Å². The second-order valence-electron chi connectivity index (χ2n) is 10.2. The smallest absolute Gasteiger partial charge is 0.250 e. The number of carbonyl (C=O) groups is 3. The lowest BCUT2D eigenvalue weighted by Crippen LogP contribution is -2.57. The molecule has 4 rings (SSSR count). The molecule has 0 aromatic heterocycles. The van der Waals surface area contributed by atoms with Crippen molar-refractivity contribution in [2.75, 3.05) is 19.0 Å². The summed E-state index contributed by atoms with van der Waals surface area (Å²) < 4.78 is 6.45. The van der Waals surface area contributed by atoms with E-state index in [-0.39, 0.29) is 35.1 Å². The minimum Gasteiger partial charge on any atom is -0.394 e. The van der Waals surface area contributed by atoms with Gasteiger partial charge < -0.3 is 25.4 Å². The van der Waals surface area contributed by atoms with Crippen molar-refractivity contribution in [2.24, 2.45) is 17.8 Å². The van der Waals surface area contributed by atoms with Gasteiger partial charge >= 0.3 is 0 Å². The van der Waals surface area contributed by atoms with Crippen molar-refractivity contribution in [3.8, 4) is 0 Å². The Labute approximate surface area is 208 Å². The maximum atomic E-state index is 14.0. The molecule has 0 saturated carbocycles. The molecule has 1 spiro atoms. The molecule has 186 valence electrons. The third kappa shape index (κ3) is 3.76. The first-order valence-electron chi connectivity index (χ1n) is 11.9. The Morgan fingerprint density at radius 3 is 2.47 bits per heavy atom. The normalized spacial score (nSPS) is 32.8. The number of nitrogens with one attached hydrogen (secondary N) is 2. The van der Waals surface area contributed by atoms with Crippen LogP contribution < -0.4 is 10.6 Å². The molecule has 3 amide bonds. The molecule has 1 aromatic carbocycles. The highest BCUT2D eigenvalue weighted by Crippen LogP contribution is 2.60. The van der Waals surface area contributed by atoms with E-state index in [2.05, 4.69) is 26.6 Å². The molecule has 3 aliphatic heterocycles. The first kappa shape index (κ1) is 25.1. The molecule has 3 aliphatic rings. The minimum atomic E-state index is -1.14. The summed E-state index contributed by atoms with van der Waals surface area (Å²) in [5, 5.41) is 16.0. The number of hydrogen-bond donors (Lipinski definition) is 3. The first-order valence-corrected chi connectivity index (χ1v) is 12.8. The van der Waals surface area contributed by atoms with Crippen molar-refractivity contribution >= 4 is 39.3 Å². The van der Waals surface area contributed by atoms with Crippen LogP contribution in [0.15, 0.2) is 18.2 Å². The zero-order valence-corrected chi connectivity index (χ0v) is 21.9. The van der Waals surface area contributed by atoms with Gasteiger partial charge in [0.25, 0.3) is 0 Å². The third-order valence-electron chi connectivity index (χ3n) is 7.60. The maximum Gasteiger partial charge on any atom is 0.250 e. The average molecular weight is 536 g/mol. The molecule has 9 heteroatoms. The molecular weight excluding hydrogens is 502 g/mol. The molecule has 0 radical (unpaired) electrons. The summed E-state index contributed by atoms with van der Waals surface area (Å²) in [7, 11) is 1.54. The Kier molecular flexibility index (Phi) is 6.83. The maximum absolute atomic E-state index is 14.0. The number of likely N-dealkylation sites (tertiary alicyclic amines) is 1. The number of aliphatic hydroxyl groups is 1. The molecule has 34 heavy (non-hydrogen) atoms. The topological polar surface area (TPSA) is 108 Å². The quantitative estimate of drug-likeness (QED) is 0.463. The molecule has 8 nitrogen and oxygen atoms in total. The number of para-hydroxylation sites is 1. The van der Waals surface area contributed by atoms with Crippen molar-refractivity contribution in [1.82, 2.24) is 10.2 Å². The number of nitrogens with zero attached hydrogens (tertiary/aromatic N) is 1. The van der Waals surface area contributed by atoms with Crippen LogP contribution >= 0.6 is 15.9 Å². The summed E-state index contributed by atoms with van der Waals surface area (Å²) in [5.74, 6) is -2.20. The number of hydrogen-bond acceptors (Lipinski definition) is 5. The highest BCUT2D eigenvalue weighted by molar-refractivity contribution is 9.09. The lowest BCUT2D eigenvalue weighted by Gasteiger charge is -2.37. The minimum absolute atomic E-state index is 0.160. The molecule has 3 saturated heterocycles. The number of anilines is 1. The number of alkyl halides is 1. The van der Waals surface area contributed by atoms with Crippen LogP contribution in [-0.2, 0) is 19.1 Å². The largest absolute Gasteiger partial charge is 0.394 e. The Morgan fingerprint density at radius 1 is 1.26 bits per heavy atom. The van der Waals surface area contributed by atoms with Gasteiger partial charge in [-0.3, -0.25) is 14.4 Å². The first-order chi connectivity index (χ1) is 16.1. The Balaban J connectivity index is 1.81. The monoisotopic (exact) mass is 535 g/mol. The van der Waals surface area contributed by atoms with E-state index in [0.717, 1.165) is 11.1 Å². The number of aliphatic hydroxyl groups excluding tert-OH is 1. The van der Waals surface area contributed by atoms with Gasteiger partial charge in [0.15, 0.2) is 0 Å². The van der Waals surface area contributed by atoms with E-state index >= 15 is 0 Å². The summed E-state index contributed by atoms with van der Waals surface area (Å²) in [4.78, 5) is 42.2. The number of aryl methyl sites for hydroxylation is 2. The van der Waals surface area contributed by atoms with Crippen molar-refractivity contribution < 1.29 is 24.2 Å². The number of amides is 3. The van der Waals surface area contributed by atoms with Gasteiger partial charge in [0.1, 0.15) is 11.6 Å². The summed E-state index contributed by atoms with van der Waals surface area (Å²) in [6, 6.07) is 4.26. The zero-order chi connectivity index (χ0) is 24.9. The summed E-state index contributed by atoms with van der Waals surface area (Å²) >= 11 is 3.65. The lowest BCUT2D eigenvalue weighted by atomic mass is 9.70. The van der Waals surface area contributed by atoms with E-state index < -0.39 is 35.6 Å². The van der Waals surface area contributed by atoms with Crippen LogP contribution in [0.3, 0.4) is 0 Å². The van der Waals surface area contributed by atoms with Crippen molar-refractivity contribution in [2.45, 2.75) is 69.2 Å². The van der Waals surface area contributed by atoms with Gasteiger partial charge in [-0.25, -0.2) is 0 Å². The molecule has 3 N–H and O–H groups in total. The predicted octanol–water partition coefficient (Wildman–Crippen LogP) is 2.14. The molecule has 3 fully saturated rings. The number of ether oxygens (including phenoxy) is 1. The predicted molar refractivity (Wildman–Crippen MR) is 131 cm³/mol. The van der Waals surface area contributed by atoms with Gasteiger partial charge in [0, 0.05) is 17.6 Å². The van der Waals surface area contributed by atoms with Crippen LogP contribution in [0.4, 0.5) is 5.69 Å². The van der Waals surface area contributed by atoms with E-state index in [1.807, 2.05) is 45.9 Å². The fourth-order valence-electron chi connectivity index (χ4n) is 6.25. The second kappa shape index (κ2) is 9.24. The number of halogens is 1. The molecule has 2 bridgehead atoms. The van der Waals surface area contributed by atoms with Crippen molar-refractivity contribution in [3.63, 3.8) is 0 Å². The van der Waals surface area contributed by atoms with E-state index in [1.165, 1.54) is 4.90 Å². The van der Waals surface area contributed by atoms with E-state index in [1.54, 1.807) is 7.05 Å². The molecule has 7 atom stereocenters. The zero-order valence-electron chi connectivity index (χ0n) is 20.3. The van der Waals surface area contributed by atoms with Gasteiger partial charge in [-0.1, -0.05) is 48.0 Å². The Bertz CT molecular complexity index is 981. The molecule has 1 aromatic rings. The number of fused-ring (bicyclic) bond motifs is 1. The Hall–Kier alpha value is -1.97. The standard InChI is InChI=1S/C25H34BrN3O5/c1-12(2)9-15(11-30)29-21(23(32)28-19-13(3)7-6-8-14(19)4)25-10-16(26)20(34-25)17(22(31)27-5)18(25)24(29)33/h6-8,12,15-18,20-21,30H,9-11H2,1-5H3,(H,27,31)(H,28,32)/t15-,16?,17-,18+,20-,21?,25?/m1/s1. The summed E-state index contributed by atoms with van der Waals surface area (Å²) in [5.41, 5.74) is 1.39. The van der Waals surface area contributed by atoms with E-state index in [4.69, 9.17) is 4.74 Å². The van der Waals surface area contributed by atoms with Crippen LogP contribution in [0, 0.1) is 31.6 Å². The Morgan fingerprint density at radius 2 is 1.91 bits per heavy atom. The van der Waals surface area contributed by atoms with Crippen molar-refractivity contribution in [3.05, 3.63) is 29.3 Å². The van der Waals surface area contributed by atoms with Gasteiger partial charge in [-0.05, 0) is 43.7 Å². The second-order valence-corrected chi connectivity index (χ2v) is 11.4. The van der Waals surface area contributed by atoms with Gasteiger partial charge in [-0.2, -0.15) is 0 Å². The van der Waals surface area contributed by atoms with Crippen LogP contribution in [0.2, 0.25) is 0 Å². The summed E-state index contributed by atoms with van der Waals surface area (Å²) in [6.45, 7) is 7.59. The molecule has 3 unspecified atom stereocenters. The average Bonchev–Trinajstić information content (AvgIpc) is 3.37. The van der Waals surface area contributed by atoms with Gasteiger partial charge in [-0.15, -0.1) is 0 Å². The van der Waals surface area contributed by atoms with E-state index in [9.17, 15) is 19.5 Å². The highest BCUT2D eigenvalue weighted by atomic mass is 79.9. The van der Waals surface area contributed by atoms with Gasteiger partial charge in [0.2, 0.25) is 17.7 Å². The van der Waals surface area contributed by atoms with Crippen LogP contribution in [-0.4, -0.2) is 70.0 Å². The number of carbonyl (C=O) groups excluding carboxylic acids is 3. The van der Waals surface area contributed by atoms with Crippen LogP contribution in [0.1, 0.15) is 37.8 Å². The SMILES string of the molecule is CNC(=O)[C@H]1[C@@H]2OC3(CC2Br)C(C(=O)Nc2c(C)cccc2C)N([C@@H](CO)CC(C)C)C(=O)[C@H]13. The molecular formula is C25H34BrN3O5. The molecule has 3 heterocycles. The third-order valence-corrected chi connectivity index (χ3v) is 8.45. The van der Waals surface area contributed by atoms with E-state index in [0.29, 0.717) is 18.5 Å². The fourth-order valence-corrected chi connectivity index (χ4v) is 7.19. The fraction of sp³-hybridized carbons (Fsp3) is 0.640. The summed E-state index contributed by atoms with van der Waals surface area (Å²) in [6.07, 6.45) is 0.469. The highest BCUT2D eigenvalue weighted by Gasteiger charge is 2.77. The number of rotatable bonds is 7. The number of benzene rings is 1. The molecule has 0 aliphatic carbocycles. The van der Waals surface area contributed by atoms with Crippen LogP contribution in [0.5, 0.6) is 0 Å².